The summed E-state index contributed by atoms with van der Waals surface area (Å²) in [5.74, 6) is 3.86. The highest BCUT2D eigenvalue weighted by Crippen LogP contribution is 2.61. The molecule has 20 heteroatoms. The highest BCUT2D eigenvalue weighted by atomic mass is 32.2. The molecule has 0 spiro atoms. The first-order valence-corrected chi connectivity index (χ1v) is 62.8. The van der Waals surface area contributed by atoms with Crippen molar-refractivity contribution in [3.63, 3.8) is 0 Å². The molecule has 2 aliphatic rings. The van der Waals surface area contributed by atoms with Gasteiger partial charge >= 0.3 is 0 Å². The second-order valence-corrected chi connectivity index (χ2v) is 54.4. The van der Waals surface area contributed by atoms with E-state index < -0.39 is 0 Å². The maximum atomic E-state index is 14.3. The zero-order chi connectivity index (χ0) is 93.5. The van der Waals surface area contributed by atoms with Crippen LogP contribution in [0, 0.1) is 35.5 Å². The Morgan fingerprint density at radius 1 is 0.261 bits per heavy atom. The van der Waals surface area contributed by atoms with Gasteiger partial charge in [-0.05, 0) is 209 Å². The molecule has 15 aromatic rings. The fourth-order valence-corrected chi connectivity index (χ4v) is 38.2. The molecule has 0 aliphatic carbocycles. The summed E-state index contributed by atoms with van der Waals surface area (Å²) >= 11 is 38.7. The number of amides is 2. The number of fused-ring (bicyclic) bond motifs is 6. The van der Waals surface area contributed by atoms with Crippen LogP contribution in [0.4, 0.5) is 0 Å². The van der Waals surface area contributed by atoms with Crippen LogP contribution in [-0.4, -0.2) is 43.3 Å². The molecule has 134 heavy (non-hydrogen) atoms. The molecule has 17 rings (SSSR count). The van der Waals surface area contributed by atoms with Crippen molar-refractivity contribution in [2.45, 2.75) is 290 Å². The van der Waals surface area contributed by atoms with Gasteiger partial charge in [-0.15, -0.1) is 136 Å². The highest BCUT2D eigenvalue weighted by Gasteiger charge is 2.36. The molecule has 4 nitrogen and oxygen atoms in total. The Hall–Kier alpha value is -5.08. The highest BCUT2D eigenvalue weighted by molar-refractivity contribution is 8.27. The molecule has 3 aromatic carbocycles. The molecule has 14 heterocycles. The molecule has 0 saturated carbocycles. The molecule has 0 N–H and O–H groups in total. The molecule has 6 unspecified atom stereocenters. The summed E-state index contributed by atoms with van der Waals surface area (Å²) in [5, 5.41) is 7.91. The lowest BCUT2D eigenvalue weighted by atomic mass is 9.95. The van der Waals surface area contributed by atoms with E-state index in [9.17, 15) is 9.59 Å². The van der Waals surface area contributed by atoms with Gasteiger partial charge in [0.2, 0.25) is 0 Å². The van der Waals surface area contributed by atoms with Crippen molar-refractivity contribution >= 4 is 277 Å². The molecular formula is C114H132N2O2S16. The average molecular weight is 2080 g/mol. The number of carbonyl (C=O) groups is 2. The summed E-state index contributed by atoms with van der Waals surface area (Å²) in [6.45, 7) is 33.6. The minimum absolute atomic E-state index is 0.00777. The lowest BCUT2D eigenvalue weighted by Crippen LogP contribution is -2.27. The van der Waals surface area contributed by atoms with E-state index in [2.05, 4.69) is 227 Å². The van der Waals surface area contributed by atoms with Gasteiger partial charge in [0.1, 0.15) is 8.64 Å². The van der Waals surface area contributed by atoms with Crippen LogP contribution >= 0.6 is 184 Å². The van der Waals surface area contributed by atoms with Crippen molar-refractivity contribution in [2.24, 2.45) is 35.5 Å². The number of hydrogen-bond donors (Lipinski definition) is 0. The standard InChI is InChI=1S/C114H132N2O2S16/c1-15-29-35-67(21-7)53-73-41-47-87(121-73)99-81-59-79(61-97-111(117)115(27-13)113(119)133-97)127-105(81)101(89-49-43-75(123-89)55-69(23-9)37-31-17-3)83-63-93(129-107(83)99)95-65-85-103(91-51-45-77(125-91)57-71(25-11)39-33-19-5)110-86(104(109(85)131-95)92-52-46-78(126-92)58-72(26-12)40-34-20-6)66-96(132-110)94-64-84-102(90-50-44-76(124-90)56-70(24-10)38-32-18-4)106-82(60-80(128-106)62-98-112(118)116(28-14)114(120)134-98)100(108(84)130-94)88-48-42-74(122-88)54-68(22-8)36-30-16-2/h41-52,59-72H,15-40,53-58H2,1-14H3/b97-61-,98-62-. The molecule has 0 bridgehead atoms. The number of benzene rings is 3. The van der Waals surface area contributed by atoms with Crippen LogP contribution in [0.15, 0.2) is 119 Å². The Kier molecular flexibility index (Phi) is 34.7. The summed E-state index contributed by atoms with van der Waals surface area (Å²) in [4.78, 5) is 57.8. The third-order valence-electron chi connectivity index (χ3n) is 28.5. The van der Waals surface area contributed by atoms with Crippen molar-refractivity contribution in [3.8, 4) is 82.2 Å². The second kappa shape index (κ2) is 46.3. The third-order valence-corrected chi connectivity index (χ3v) is 45.2. The van der Waals surface area contributed by atoms with Crippen molar-refractivity contribution in [1.29, 1.82) is 0 Å². The van der Waals surface area contributed by atoms with Crippen LogP contribution in [0.1, 0.15) is 290 Å². The van der Waals surface area contributed by atoms with Crippen LogP contribution in [0.5, 0.6) is 0 Å². The minimum atomic E-state index is 0.00777. The van der Waals surface area contributed by atoms with Crippen LogP contribution in [0.25, 0.3) is 155 Å². The maximum Gasteiger partial charge on any atom is 0.266 e. The largest absolute Gasteiger partial charge is 0.293 e. The summed E-state index contributed by atoms with van der Waals surface area (Å²) < 4.78 is 9.30. The normalized spacial score (nSPS) is 15.6. The van der Waals surface area contributed by atoms with Crippen LogP contribution in [0.2, 0.25) is 0 Å². The van der Waals surface area contributed by atoms with E-state index in [4.69, 9.17) is 24.4 Å². The quantitative estimate of drug-likeness (QED) is 0.0280. The van der Waals surface area contributed by atoms with Gasteiger partial charge in [0.25, 0.3) is 11.8 Å². The summed E-state index contributed by atoms with van der Waals surface area (Å²) in [6.07, 6.45) is 40.4. The molecular weight excluding hydrogens is 1940 g/mol. The Morgan fingerprint density at radius 2 is 0.463 bits per heavy atom. The number of hydrogen-bond acceptors (Lipinski definition) is 18. The van der Waals surface area contributed by atoms with Crippen molar-refractivity contribution in [3.05, 3.63) is 158 Å². The number of rotatable bonds is 48. The van der Waals surface area contributed by atoms with E-state index >= 15 is 0 Å². The first-order chi connectivity index (χ1) is 65.4. The molecule has 12 aromatic heterocycles. The monoisotopic (exact) mass is 2070 g/mol. The molecule has 2 amide bonds. The second-order valence-electron chi connectivity index (χ2n) is 37.6. The Bertz CT molecular complexity index is 6060. The molecule has 6 atom stereocenters. The van der Waals surface area contributed by atoms with Gasteiger partial charge in [-0.25, -0.2) is 0 Å². The number of thioether (sulfide) groups is 2. The van der Waals surface area contributed by atoms with Gasteiger partial charge < -0.3 is 0 Å². The number of likely N-dealkylation sites (N-methyl/N-ethyl adjacent to an activating group) is 2. The van der Waals surface area contributed by atoms with Gasteiger partial charge in [0.05, 0.1) is 9.81 Å². The summed E-state index contributed by atoms with van der Waals surface area (Å²) in [6, 6.07) is 45.3. The lowest BCUT2D eigenvalue weighted by Gasteiger charge is -2.13. The summed E-state index contributed by atoms with van der Waals surface area (Å²) in [7, 11) is 0. The SMILES string of the molecule is CCCCC(CC)Cc1ccc(-c2c3cc(-c4cc5c(-c6ccc(CC(CC)CCCC)s6)c6sc(-c7cc8c(-c9ccc(CC(CC)CCCC)s9)c9sc(/C=C%10\SC(=S)N(CC)C%10=O)cc9c(-c9ccc(CC(CC)CCCC)s9)c8s7)cc6c(-c6ccc(CC(CC)CCCC)s6)c5s4)sc3c(-c3ccc(CC(CC)CCCC)s3)c3cc(/C=C4\SC(=S)N(CC)C4=O)sc23)s1. The number of unbranched alkanes of at least 4 members (excludes halogenated alkanes) is 6. The van der Waals surface area contributed by atoms with E-state index in [1.807, 2.05) is 127 Å². The Morgan fingerprint density at radius 3 is 0.649 bits per heavy atom. The first-order valence-electron chi connectivity index (χ1n) is 50.5. The van der Waals surface area contributed by atoms with Gasteiger partial charge in [0.15, 0.2) is 0 Å². The van der Waals surface area contributed by atoms with E-state index in [0.29, 0.717) is 67.0 Å². The molecule has 2 fully saturated rings. The van der Waals surface area contributed by atoms with Crippen LogP contribution in [0.3, 0.4) is 0 Å². The number of thiocarbonyl (C=S) groups is 2. The van der Waals surface area contributed by atoms with Crippen molar-refractivity contribution < 1.29 is 9.59 Å². The van der Waals surface area contributed by atoms with Crippen molar-refractivity contribution in [2.75, 3.05) is 13.1 Å². The molecule has 2 aliphatic heterocycles. The fraction of sp³-hybridized carbons (Fsp3) is 0.456. The smallest absolute Gasteiger partial charge is 0.266 e. The average Bonchev–Trinajstić information content (AvgIpc) is 1.56. The first kappa shape index (κ1) is 100. The molecule has 2 saturated heterocycles. The van der Waals surface area contributed by atoms with Gasteiger partial charge in [-0.3, -0.25) is 19.4 Å². The third kappa shape index (κ3) is 21.6. The zero-order valence-corrected chi connectivity index (χ0v) is 93.9. The lowest BCUT2D eigenvalue weighted by molar-refractivity contribution is -0.122. The zero-order valence-electron chi connectivity index (χ0n) is 80.9. The van der Waals surface area contributed by atoms with Gasteiger partial charge in [-0.2, -0.15) is 0 Å². The topological polar surface area (TPSA) is 40.6 Å². The van der Waals surface area contributed by atoms with E-state index in [1.165, 1.54) is 350 Å². The van der Waals surface area contributed by atoms with Gasteiger partial charge in [0, 0.05) is 195 Å². The predicted molar refractivity (Wildman–Crippen MR) is 623 cm³/mol. The van der Waals surface area contributed by atoms with Crippen molar-refractivity contribution in [1.82, 2.24) is 9.80 Å². The number of nitrogens with zero attached hydrogens (tertiary/aromatic N) is 2. The molecule has 706 valence electrons. The van der Waals surface area contributed by atoms with Crippen LogP contribution in [-0.2, 0) is 48.1 Å². The molecule has 0 radical (unpaired) electrons. The Labute approximate surface area is 865 Å². The van der Waals surface area contributed by atoms with E-state index in [0.717, 1.165) is 48.3 Å². The van der Waals surface area contributed by atoms with E-state index in [-0.39, 0.29) is 11.8 Å². The van der Waals surface area contributed by atoms with E-state index in [1.54, 1.807) is 9.80 Å². The number of carbonyl (C=O) groups excluding carboxylic acids is 2. The minimum Gasteiger partial charge on any atom is -0.293 e. The summed E-state index contributed by atoms with van der Waals surface area (Å²) in [5.41, 5.74) is 8.07. The van der Waals surface area contributed by atoms with Gasteiger partial charge in [-0.1, -0.05) is 285 Å². The fourth-order valence-electron chi connectivity index (χ4n) is 20.3. The maximum absolute atomic E-state index is 14.3. The predicted octanol–water partition coefficient (Wildman–Crippen LogP) is 41.7. The van der Waals surface area contributed by atoms with Crippen LogP contribution < -0.4 is 0 Å². The number of thiophene rings is 12. The Balaban J connectivity index is 0.927.